The van der Waals surface area contributed by atoms with Gasteiger partial charge >= 0.3 is 6.09 Å². The normalized spacial score (nSPS) is 24.4. The molecule has 7 heteroatoms. The molecule has 1 aromatic carbocycles. The van der Waals surface area contributed by atoms with Crippen LogP contribution in [0.3, 0.4) is 0 Å². The zero-order valence-corrected chi connectivity index (χ0v) is 15.6. The number of rotatable bonds is 4. The zero-order chi connectivity index (χ0) is 16.4. The minimum Gasteiger partial charge on any atom is -0.449 e. The van der Waals surface area contributed by atoms with Crippen LogP contribution in [0.2, 0.25) is 0 Å². The van der Waals surface area contributed by atoms with Crippen molar-refractivity contribution in [3.63, 3.8) is 0 Å². The van der Waals surface area contributed by atoms with E-state index in [4.69, 9.17) is 4.74 Å². The van der Waals surface area contributed by atoms with Crippen molar-refractivity contribution in [2.75, 3.05) is 31.6 Å². The highest BCUT2D eigenvalue weighted by molar-refractivity contribution is 7.13. The van der Waals surface area contributed by atoms with Gasteiger partial charge in [-0.3, -0.25) is 5.32 Å². The third-order valence-corrected chi connectivity index (χ3v) is 6.08. The van der Waals surface area contributed by atoms with Crippen molar-refractivity contribution in [3.8, 4) is 10.4 Å². The van der Waals surface area contributed by atoms with Gasteiger partial charge in [0.15, 0.2) is 5.82 Å². The predicted molar refractivity (Wildman–Crippen MR) is 102 cm³/mol. The first-order valence-electron chi connectivity index (χ1n) is 8.39. The van der Waals surface area contributed by atoms with E-state index < -0.39 is 6.09 Å². The molecule has 25 heavy (non-hydrogen) atoms. The number of fused-ring (bicyclic) bond motifs is 3. The molecule has 3 aliphatic rings. The molecule has 4 heterocycles. The first-order chi connectivity index (χ1) is 11.7. The maximum Gasteiger partial charge on any atom is 0.412 e. The molecular formula is C18H22ClN3O2S. The van der Waals surface area contributed by atoms with Gasteiger partial charge < -0.3 is 9.64 Å². The van der Waals surface area contributed by atoms with Gasteiger partial charge in [0.25, 0.3) is 0 Å². The number of nitrogens with one attached hydrogen (secondary N) is 1. The lowest BCUT2D eigenvalue weighted by Crippen LogP contribution is -2.50. The molecule has 2 bridgehead atoms. The van der Waals surface area contributed by atoms with E-state index in [2.05, 4.69) is 15.2 Å². The third kappa shape index (κ3) is 3.97. The molecule has 2 aromatic rings. The molecule has 3 saturated heterocycles. The van der Waals surface area contributed by atoms with Gasteiger partial charge in [-0.05, 0) is 44.5 Å². The number of piperidine rings is 3. The number of aromatic nitrogens is 1. The number of hydrogen-bond acceptors (Lipinski definition) is 5. The number of nitrogens with zero attached hydrogens (tertiary/aromatic N) is 2. The van der Waals surface area contributed by atoms with E-state index in [0.717, 1.165) is 49.3 Å². The van der Waals surface area contributed by atoms with Gasteiger partial charge in [0.1, 0.15) is 0 Å². The lowest BCUT2D eigenvalue weighted by Gasteiger charge is -2.47. The first kappa shape index (κ1) is 18.2. The number of thiazole rings is 1. The molecule has 1 aromatic heterocycles. The van der Waals surface area contributed by atoms with Gasteiger partial charge in [0, 0.05) is 5.41 Å². The Morgan fingerprint density at radius 3 is 2.56 bits per heavy atom. The summed E-state index contributed by atoms with van der Waals surface area (Å²) in [5.74, 6) is 0.576. The Morgan fingerprint density at radius 1 is 1.20 bits per heavy atom. The molecular weight excluding hydrogens is 358 g/mol. The maximum absolute atomic E-state index is 12.2. The van der Waals surface area contributed by atoms with Crippen molar-refractivity contribution in [2.45, 2.75) is 19.3 Å². The van der Waals surface area contributed by atoms with Gasteiger partial charge in [-0.25, -0.2) is 9.78 Å². The Balaban J connectivity index is 0.00000182. The molecule has 134 valence electrons. The van der Waals surface area contributed by atoms with Gasteiger partial charge in [0.2, 0.25) is 0 Å². The van der Waals surface area contributed by atoms with E-state index >= 15 is 0 Å². The summed E-state index contributed by atoms with van der Waals surface area (Å²) in [4.78, 5) is 19.9. The van der Waals surface area contributed by atoms with E-state index in [1.54, 1.807) is 5.51 Å². The molecule has 0 radical (unpaired) electrons. The second kappa shape index (κ2) is 7.72. The number of carbonyl (C=O) groups is 1. The fourth-order valence-corrected chi connectivity index (χ4v) is 4.34. The summed E-state index contributed by atoms with van der Waals surface area (Å²) in [7, 11) is 0. The lowest BCUT2D eigenvalue weighted by molar-refractivity contribution is -0.0190. The van der Waals surface area contributed by atoms with Gasteiger partial charge in [-0.15, -0.1) is 23.7 Å². The van der Waals surface area contributed by atoms with Crippen LogP contribution in [-0.2, 0) is 4.74 Å². The van der Waals surface area contributed by atoms with E-state index in [9.17, 15) is 4.79 Å². The van der Waals surface area contributed by atoms with Crippen LogP contribution in [0.1, 0.15) is 19.3 Å². The van der Waals surface area contributed by atoms with Crippen LogP contribution in [0, 0.1) is 5.41 Å². The Kier molecular flexibility index (Phi) is 5.61. The van der Waals surface area contributed by atoms with Crippen LogP contribution >= 0.6 is 23.7 Å². The van der Waals surface area contributed by atoms with Gasteiger partial charge in [-0.1, -0.05) is 30.3 Å². The monoisotopic (exact) mass is 379 g/mol. The molecule has 1 amide bonds. The zero-order valence-electron chi connectivity index (χ0n) is 13.9. The fraction of sp³-hybridized carbons (Fsp3) is 0.444. The standard InChI is InChI=1S/C18H21N3O2S.ClH/c22-17(23-12-18-6-9-21(10-7-18)11-8-18)20-16-15(24-13-19-16)14-4-2-1-3-5-14;/h1-5,13H,6-12H2,(H,20,22);1H. The highest BCUT2D eigenvalue weighted by Crippen LogP contribution is 2.40. The molecule has 0 aliphatic carbocycles. The number of amides is 1. The molecule has 0 atom stereocenters. The summed E-state index contributed by atoms with van der Waals surface area (Å²) in [5.41, 5.74) is 2.98. The van der Waals surface area contributed by atoms with E-state index in [0.29, 0.717) is 12.4 Å². The van der Waals surface area contributed by atoms with Crippen LogP contribution in [0.4, 0.5) is 10.6 Å². The van der Waals surface area contributed by atoms with Crippen molar-refractivity contribution < 1.29 is 9.53 Å². The van der Waals surface area contributed by atoms with Crippen LogP contribution in [-0.4, -0.2) is 42.2 Å². The van der Waals surface area contributed by atoms with Gasteiger partial charge in [0.05, 0.1) is 17.0 Å². The molecule has 0 unspecified atom stereocenters. The minimum atomic E-state index is -0.402. The molecule has 0 saturated carbocycles. The Morgan fingerprint density at radius 2 is 1.88 bits per heavy atom. The first-order valence-corrected chi connectivity index (χ1v) is 9.27. The van der Waals surface area contributed by atoms with Crippen molar-refractivity contribution in [2.24, 2.45) is 5.41 Å². The molecule has 0 spiro atoms. The van der Waals surface area contributed by atoms with E-state index in [1.807, 2.05) is 30.3 Å². The molecule has 3 aliphatic heterocycles. The number of hydrogen-bond donors (Lipinski definition) is 1. The second-order valence-electron chi connectivity index (χ2n) is 6.69. The number of benzene rings is 1. The third-order valence-electron chi connectivity index (χ3n) is 5.21. The SMILES string of the molecule is Cl.O=C(Nc1ncsc1-c1ccccc1)OCC12CCN(CC1)CC2. The second-order valence-corrected chi connectivity index (χ2v) is 7.54. The smallest absolute Gasteiger partial charge is 0.412 e. The Bertz CT molecular complexity index is 700. The summed E-state index contributed by atoms with van der Waals surface area (Å²) in [6, 6.07) is 9.95. The number of halogens is 1. The quantitative estimate of drug-likeness (QED) is 0.862. The number of carbonyl (C=O) groups excluding carboxylic acids is 1. The van der Waals surface area contributed by atoms with Crippen LogP contribution < -0.4 is 5.32 Å². The van der Waals surface area contributed by atoms with E-state index in [1.165, 1.54) is 11.3 Å². The summed E-state index contributed by atoms with van der Waals surface area (Å²) in [6.45, 7) is 3.91. The highest BCUT2D eigenvalue weighted by atomic mass is 35.5. The van der Waals surface area contributed by atoms with Crippen molar-refractivity contribution in [3.05, 3.63) is 35.8 Å². The average molecular weight is 380 g/mol. The minimum absolute atomic E-state index is 0. The predicted octanol–water partition coefficient (Wildman–Crippen LogP) is 4.27. The summed E-state index contributed by atoms with van der Waals surface area (Å²) in [5, 5.41) is 2.81. The Labute approximate surface area is 157 Å². The largest absolute Gasteiger partial charge is 0.449 e. The average Bonchev–Trinajstić information content (AvgIpc) is 3.10. The van der Waals surface area contributed by atoms with Crippen molar-refractivity contribution >= 4 is 35.7 Å². The number of anilines is 1. The maximum atomic E-state index is 12.2. The van der Waals surface area contributed by atoms with Crippen LogP contribution in [0.25, 0.3) is 10.4 Å². The van der Waals surface area contributed by atoms with Gasteiger partial charge in [-0.2, -0.15) is 0 Å². The van der Waals surface area contributed by atoms with Crippen LogP contribution in [0.5, 0.6) is 0 Å². The summed E-state index contributed by atoms with van der Waals surface area (Å²) in [6.07, 6.45) is 2.99. The fourth-order valence-electron chi connectivity index (χ4n) is 3.59. The number of ether oxygens (including phenoxy) is 1. The molecule has 1 N–H and O–H groups in total. The lowest BCUT2D eigenvalue weighted by atomic mass is 9.73. The Hall–Kier alpha value is -1.63. The van der Waals surface area contributed by atoms with Crippen molar-refractivity contribution in [1.29, 1.82) is 0 Å². The van der Waals surface area contributed by atoms with Crippen molar-refractivity contribution in [1.82, 2.24) is 9.88 Å². The van der Waals surface area contributed by atoms with Crippen LogP contribution in [0.15, 0.2) is 35.8 Å². The summed E-state index contributed by atoms with van der Waals surface area (Å²) < 4.78 is 5.56. The molecule has 5 nitrogen and oxygen atoms in total. The molecule has 3 fully saturated rings. The van der Waals surface area contributed by atoms with E-state index in [-0.39, 0.29) is 17.8 Å². The topological polar surface area (TPSA) is 54.5 Å². The highest BCUT2D eigenvalue weighted by Gasteiger charge is 2.40. The summed E-state index contributed by atoms with van der Waals surface area (Å²) >= 11 is 1.51. The molecule has 5 rings (SSSR count).